The summed E-state index contributed by atoms with van der Waals surface area (Å²) in [6.07, 6.45) is 0. The lowest BCUT2D eigenvalue weighted by molar-refractivity contribution is -0.0263. The number of ether oxygens (including phenoxy) is 1. The van der Waals surface area contributed by atoms with Gasteiger partial charge in [-0.2, -0.15) is 0 Å². The van der Waals surface area contributed by atoms with Crippen molar-refractivity contribution in [2.45, 2.75) is 26.3 Å². The minimum atomic E-state index is -2.44. The van der Waals surface area contributed by atoms with Crippen LogP contribution >= 0.6 is 0 Å². The molecule has 0 bridgehead atoms. The highest BCUT2D eigenvalue weighted by Crippen LogP contribution is 2.32. The molecule has 1 aliphatic heterocycles. The third-order valence-electron chi connectivity index (χ3n) is 2.17. The minimum Gasteiger partial charge on any atom is -0.381 e. The van der Waals surface area contributed by atoms with Gasteiger partial charge in [-0.25, -0.2) is 0 Å². The Kier molecular flexibility index (Phi) is 5.04. The second kappa shape index (κ2) is 5.82. The van der Waals surface area contributed by atoms with Crippen molar-refractivity contribution in [1.29, 1.82) is 0 Å². The molecule has 0 saturated carbocycles. The first-order valence-electron chi connectivity index (χ1n) is 5.28. The van der Waals surface area contributed by atoms with Crippen molar-refractivity contribution in [2.24, 2.45) is 0 Å². The second-order valence-electron chi connectivity index (χ2n) is 3.14. The van der Waals surface area contributed by atoms with E-state index in [2.05, 4.69) is 0 Å². The molecule has 0 atom stereocenters. The first kappa shape index (κ1) is 12.1. The van der Waals surface area contributed by atoms with Gasteiger partial charge in [0.15, 0.2) is 0 Å². The number of hydrogen-bond acceptors (Lipinski definition) is 4. The van der Waals surface area contributed by atoms with Crippen LogP contribution in [0.5, 0.6) is 0 Å². The summed E-state index contributed by atoms with van der Waals surface area (Å²) in [6.45, 7) is 9.27. The molecule has 14 heavy (non-hydrogen) atoms. The van der Waals surface area contributed by atoms with Crippen LogP contribution in [0, 0.1) is 0 Å². The van der Waals surface area contributed by atoms with Crippen LogP contribution in [0.3, 0.4) is 0 Å². The fourth-order valence-corrected chi connectivity index (χ4v) is 4.33. The highest BCUT2D eigenvalue weighted by Gasteiger charge is 2.52. The summed E-state index contributed by atoms with van der Waals surface area (Å²) < 4.78 is 22.4. The molecule has 0 radical (unpaired) electrons. The Hall–Kier alpha value is 0.0569. The summed E-state index contributed by atoms with van der Waals surface area (Å²) in [4.78, 5) is 0. The largest absolute Gasteiger partial charge is 0.508 e. The van der Waals surface area contributed by atoms with E-state index in [1.54, 1.807) is 0 Å². The van der Waals surface area contributed by atoms with Gasteiger partial charge in [-0.05, 0) is 20.8 Å². The predicted octanol–water partition coefficient (Wildman–Crippen LogP) is 1.44. The normalized spacial score (nSPS) is 18.2. The van der Waals surface area contributed by atoms with Gasteiger partial charge in [0.25, 0.3) is 0 Å². The van der Waals surface area contributed by atoms with Crippen LogP contribution in [-0.2, 0) is 18.0 Å². The molecule has 1 heterocycles. The van der Waals surface area contributed by atoms with E-state index < -0.39 is 8.80 Å². The Labute approximate surface area is 86.9 Å². The Balaban J connectivity index is 2.60. The van der Waals surface area contributed by atoms with Gasteiger partial charge < -0.3 is 18.0 Å². The molecule has 84 valence electrons. The zero-order valence-corrected chi connectivity index (χ0v) is 10.2. The lowest BCUT2D eigenvalue weighted by Gasteiger charge is -2.39. The Morgan fingerprint density at radius 2 is 1.43 bits per heavy atom. The van der Waals surface area contributed by atoms with Crippen LogP contribution in [0.25, 0.3) is 0 Å². The van der Waals surface area contributed by atoms with Crippen molar-refractivity contribution >= 4 is 8.80 Å². The average molecular weight is 220 g/mol. The maximum atomic E-state index is 5.73. The third-order valence-corrected chi connectivity index (χ3v) is 5.58. The molecule has 1 saturated heterocycles. The van der Waals surface area contributed by atoms with Gasteiger partial charge in [0.05, 0.1) is 18.8 Å². The van der Waals surface area contributed by atoms with Crippen molar-refractivity contribution in [3.63, 3.8) is 0 Å². The van der Waals surface area contributed by atoms with Crippen molar-refractivity contribution in [3.05, 3.63) is 0 Å². The van der Waals surface area contributed by atoms with Crippen molar-refractivity contribution in [3.8, 4) is 0 Å². The highest BCUT2D eigenvalue weighted by molar-refractivity contribution is 6.62. The van der Waals surface area contributed by atoms with Crippen LogP contribution in [0.2, 0.25) is 5.54 Å². The first-order chi connectivity index (χ1) is 6.79. The molecule has 0 aromatic rings. The van der Waals surface area contributed by atoms with E-state index in [0.29, 0.717) is 38.6 Å². The van der Waals surface area contributed by atoms with E-state index in [0.717, 1.165) is 0 Å². The molecule has 1 fully saturated rings. The predicted molar refractivity (Wildman–Crippen MR) is 55.2 cm³/mol. The highest BCUT2D eigenvalue weighted by atomic mass is 28.4. The molecule has 0 N–H and O–H groups in total. The van der Waals surface area contributed by atoms with E-state index >= 15 is 0 Å². The summed E-state index contributed by atoms with van der Waals surface area (Å²) in [5, 5.41) is 0. The van der Waals surface area contributed by atoms with Crippen molar-refractivity contribution in [2.75, 3.05) is 33.0 Å². The summed E-state index contributed by atoms with van der Waals surface area (Å²) in [6, 6.07) is 0. The smallest absolute Gasteiger partial charge is 0.381 e. The fourth-order valence-electron chi connectivity index (χ4n) is 1.52. The topological polar surface area (TPSA) is 36.9 Å². The molecular weight excluding hydrogens is 200 g/mol. The average Bonchev–Trinajstić information content (AvgIpc) is 2.02. The maximum Gasteiger partial charge on any atom is 0.508 e. The van der Waals surface area contributed by atoms with Crippen LogP contribution < -0.4 is 0 Å². The van der Waals surface area contributed by atoms with Crippen molar-refractivity contribution in [1.82, 2.24) is 0 Å². The molecule has 5 heteroatoms. The van der Waals surface area contributed by atoms with Gasteiger partial charge in [0.2, 0.25) is 0 Å². The zero-order chi connectivity index (χ0) is 10.4. The molecule has 0 amide bonds. The van der Waals surface area contributed by atoms with Crippen LogP contribution in [-0.4, -0.2) is 41.8 Å². The van der Waals surface area contributed by atoms with Crippen molar-refractivity contribution < 1.29 is 18.0 Å². The number of rotatable bonds is 7. The van der Waals surface area contributed by atoms with Gasteiger partial charge in [0, 0.05) is 19.8 Å². The SMILES string of the molecule is CCO[Si](OCC)(OCC)C1COC1. The van der Waals surface area contributed by atoms with E-state index in [4.69, 9.17) is 18.0 Å². The molecular formula is C9H20O4Si. The van der Waals surface area contributed by atoms with Gasteiger partial charge in [-0.1, -0.05) is 0 Å². The minimum absolute atomic E-state index is 0.336. The maximum absolute atomic E-state index is 5.73. The lowest BCUT2D eigenvalue weighted by Crippen LogP contribution is -2.56. The number of hydrogen-bond donors (Lipinski definition) is 0. The second-order valence-corrected chi connectivity index (χ2v) is 6.03. The van der Waals surface area contributed by atoms with Crippen LogP contribution in [0.4, 0.5) is 0 Å². The Morgan fingerprint density at radius 1 is 1.00 bits per heavy atom. The summed E-state index contributed by atoms with van der Waals surface area (Å²) >= 11 is 0. The summed E-state index contributed by atoms with van der Waals surface area (Å²) in [5.74, 6) is 0. The molecule has 0 unspecified atom stereocenters. The molecule has 0 aromatic carbocycles. The van der Waals surface area contributed by atoms with E-state index in [1.165, 1.54) is 0 Å². The summed E-state index contributed by atoms with van der Waals surface area (Å²) in [7, 11) is -2.44. The molecule has 4 nitrogen and oxygen atoms in total. The molecule has 1 aliphatic rings. The third kappa shape index (κ3) is 2.55. The fraction of sp³-hybridized carbons (Fsp3) is 1.00. The zero-order valence-electron chi connectivity index (χ0n) is 9.25. The Bertz CT molecular complexity index is 144. The van der Waals surface area contributed by atoms with Gasteiger partial charge in [-0.15, -0.1) is 0 Å². The van der Waals surface area contributed by atoms with Gasteiger partial charge in [0.1, 0.15) is 0 Å². The quantitative estimate of drug-likeness (QED) is 0.608. The lowest BCUT2D eigenvalue weighted by atomic mass is 10.4. The van der Waals surface area contributed by atoms with Crippen LogP contribution in [0.15, 0.2) is 0 Å². The standard InChI is InChI=1S/C9H20O4Si/c1-4-11-14(12-5-2,13-6-3)9-7-10-8-9/h9H,4-8H2,1-3H3. The van der Waals surface area contributed by atoms with E-state index in [1.807, 2.05) is 20.8 Å². The van der Waals surface area contributed by atoms with E-state index in [9.17, 15) is 0 Å². The van der Waals surface area contributed by atoms with Gasteiger partial charge >= 0.3 is 8.80 Å². The van der Waals surface area contributed by atoms with Crippen LogP contribution in [0.1, 0.15) is 20.8 Å². The summed E-state index contributed by atoms with van der Waals surface area (Å²) in [5.41, 5.74) is 0.336. The Morgan fingerprint density at radius 3 is 1.64 bits per heavy atom. The van der Waals surface area contributed by atoms with Gasteiger partial charge in [-0.3, -0.25) is 0 Å². The monoisotopic (exact) mass is 220 g/mol. The van der Waals surface area contributed by atoms with E-state index in [-0.39, 0.29) is 0 Å². The molecule has 0 spiro atoms. The molecule has 0 aromatic heterocycles. The molecule has 0 aliphatic carbocycles. The molecule has 1 rings (SSSR count). The first-order valence-corrected chi connectivity index (χ1v) is 7.08.